The second-order valence-corrected chi connectivity index (χ2v) is 11.7. The predicted molar refractivity (Wildman–Crippen MR) is 144 cm³/mol. The second-order valence-electron chi connectivity index (χ2n) is 11.7. The zero-order valence-corrected chi connectivity index (χ0v) is 22.6. The van der Waals surface area contributed by atoms with Crippen molar-refractivity contribution in [1.29, 1.82) is 0 Å². The molecule has 1 saturated carbocycles. The topological polar surface area (TPSA) is 91.5 Å². The van der Waals surface area contributed by atoms with Gasteiger partial charge in [0.15, 0.2) is 0 Å². The van der Waals surface area contributed by atoms with E-state index in [1.165, 1.54) is 6.07 Å². The van der Waals surface area contributed by atoms with Crippen molar-refractivity contribution < 1.29 is 23.5 Å². The quantitative estimate of drug-likeness (QED) is 0.322. The van der Waals surface area contributed by atoms with Gasteiger partial charge in [-0.25, -0.2) is 9.18 Å². The molecule has 2 aromatic heterocycles. The Morgan fingerprint density at radius 1 is 1.08 bits per heavy atom. The third kappa shape index (κ3) is 4.51. The fraction of sp³-hybridized carbons (Fsp3) is 0.448. The number of hydrogen-bond donors (Lipinski definition) is 0. The lowest BCUT2D eigenvalue weighted by molar-refractivity contribution is -0.143. The van der Waals surface area contributed by atoms with Gasteiger partial charge in [0.1, 0.15) is 18.0 Å². The number of rotatable bonds is 5. The highest BCUT2D eigenvalue weighted by molar-refractivity contribution is 5.97. The van der Waals surface area contributed by atoms with Crippen LogP contribution in [0.4, 0.5) is 9.18 Å². The number of amides is 1. The third-order valence-corrected chi connectivity index (χ3v) is 7.63. The Morgan fingerprint density at radius 3 is 2.56 bits per heavy atom. The maximum atomic E-state index is 15.4. The first-order chi connectivity index (χ1) is 18.6. The van der Waals surface area contributed by atoms with Gasteiger partial charge in [0, 0.05) is 34.8 Å². The molecular weight excluding hydrogens is 501 g/mol. The van der Waals surface area contributed by atoms with Crippen molar-refractivity contribution >= 4 is 33.9 Å². The Morgan fingerprint density at radius 2 is 1.85 bits per heavy atom. The summed E-state index contributed by atoms with van der Waals surface area (Å²) in [5.74, 6) is -0.715. The third-order valence-electron chi connectivity index (χ3n) is 7.63. The summed E-state index contributed by atoms with van der Waals surface area (Å²) in [4.78, 5) is 26.1. The first-order valence-electron chi connectivity index (χ1n) is 13.3. The highest BCUT2D eigenvalue weighted by Crippen LogP contribution is 2.54. The summed E-state index contributed by atoms with van der Waals surface area (Å²) in [5, 5.41) is 10.5. The summed E-state index contributed by atoms with van der Waals surface area (Å²) < 4.78 is 29.5. The Hall–Kier alpha value is -3.95. The lowest BCUT2D eigenvalue weighted by atomic mass is 9.61. The number of likely N-dealkylation sites (tertiary alicyclic amines) is 1. The van der Waals surface area contributed by atoms with E-state index in [0.29, 0.717) is 30.8 Å². The Bertz CT molecular complexity index is 1590. The fourth-order valence-corrected chi connectivity index (χ4v) is 5.95. The van der Waals surface area contributed by atoms with Crippen LogP contribution in [0, 0.1) is 11.2 Å². The van der Waals surface area contributed by atoms with E-state index in [1.807, 2.05) is 49.7 Å². The van der Waals surface area contributed by atoms with Crippen molar-refractivity contribution in [3.8, 4) is 11.1 Å². The first kappa shape index (κ1) is 25.3. The maximum Gasteiger partial charge on any atom is 0.410 e. The number of ether oxygens (including phenoxy) is 2. The number of halogens is 1. The predicted octanol–water partition coefficient (Wildman–Crippen LogP) is 5.33. The van der Waals surface area contributed by atoms with E-state index in [9.17, 15) is 9.59 Å². The van der Waals surface area contributed by atoms with Crippen molar-refractivity contribution in [3.63, 3.8) is 0 Å². The Balaban J connectivity index is 1.24. The van der Waals surface area contributed by atoms with Crippen molar-refractivity contribution in [2.24, 2.45) is 5.41 Å². The zero-order valence-electron chi connectivity index (χ0n) is 22.6. The first-order valence-corrected chi connectivity index (χ1v) is 13.3. The molecule has 1 aliphatic heterocycles. The number of hydrogen-bond acceptors (Lipinski definition) is 6. The smallest absolute Gasteiger partial charge is 0.410 e. The van der Waals surface area contributed by atoms with E-state index < -0.39 is 5.60 Å². The van der Waals surface area contributed by atoms with Gasteiger partial charge in [-0.1, -0.05) is 12.1 Å². The molecule has 2 aromatic carbocycles. The molecule has 204 valence electrons. The van der Waals surface area contributed by atoms with Crippen LogP contribution >= 0.6 is 0 Å². The Labute approximate surface area is 225 Å². The van der Waals surface area contributed by atoms with Crippen LogP contribution in [-0.4, -0.2) is 61.8 Å². The molecule has 0 N–H and O–H groups in total. The van der Waals surface area contributed by atoms with Gasteiger partial charge in [0.05, 0.1) is 36.1 Å². The van der Waals surface area contributed by atoms with Crippen LogP contribution in [0.15, 0.2) is 42.7 Å². The number of fused-ring (bicyclic) bond motifs is 2. The SMILES string of the molecule is CCOC(=O)Cn1ncc2c(-c3cc4c(cnn4C4CC5(C4)CN(C(=O)OC(C)(C)C)C5)cc3F)cccc21. The minimum absolute atomic E-state index is 0.0101. The van der Waals surface area contributed by atoms with Crippen LogP contribution in [-0.2, 0) is 20.8 Å². The van der Waals surface area contributed by atoms with Gasteiger partial charge in [-0.2, -0.15) is 10.2 Å². The van der Waals surface area contributed by atoms with Gasteiger partial charge in [-0.15, -0.1) is 0 Å². The highest BCUT2D eigenvalue weighted by Gasteiger charge is 2.55. The van der Waals surface area contributed by atoms with Crippen molar-refractivity contribution in [1.82, 2.24) is 24.5 Å². The van der Waals surface area contributed by atoms with E-state index in [1.54, 1.807) is 28.9 Å². The minimum atomic E-state index is -0.507. The molecular formula is C29H32FN5O4. The normalized spacial score (nSPS) is 16.9. The monoisotopic (exact) mass is 533 g/mol. The molecule has 2 fully saturated rings. The highest BCUT2D eigenvalue weighted by atomic mass is 19.1. The largest absolute Gasteiger partial charge is 0.465 e. The molecule has 1 saturated heterocycles. The van der Waals surface area contributed by atoms with Crippen molar-refractivity contribution in [3.05, 3.63) is 48.5 Å². The van der Waals surface area contributed by atoms with E-state index in [0.717, 1.165) is 34.6 Å². The lowest BCUT2D eigenvalue weighted by Gasteiger charge is -2.58. The van der Waals surface area contributed by atoms with Crippen LogP contribution < -0.4 is 0 Å². The summed E-state index contributed by atoms with van der Waals surface area (Å²) in [7, 11) is 0. The molecule has 4 aromatic rings. The number of carbonyl (C=O) groups excluding carboxylic acids is 2. The van der Waals surface area contributed by atoms with Gasteiger partial charge < -0.3 is 14.4 Å². The maximum absolute atomic E-state index is 15.4. The van der Waals surface area contributed by atoms with E-state index >= 15 is 4.39 Å². The number of nitrogens with zero attached hydrogens (tertiary/aromatic N) is 5. The standard InChI is InChI=1S/C29H32FN5O4/c1-5-38-26(36)15-34-24-8-6-7-20(22(24)14-31-34)21-10-25-18(9-23(21)30)13-32-35(25)19-11-29(12-19)16-33(17-29)27(37)39-28(2,3)4/h6-10,13-14,19H,5,11-12,15-17H2,1-4H3. The fourth-order valence-electron chi connectivity index (χ4n) is 5.95. The van der Waals surface area contributed by atoms with Crippen molar-refractivity contribution in [2.75, 3.05) is 19.7 Å². The molecule has 0 radical (unpaired) electrons. The number of benzene rings is 2. The molecule has 10 heteroatoms. The lowest BCUT2D eigenvalue weighted by Crippen LogP contribution is -2.64. The van der Waals surface area contributed by atoms with Crippen LogP contribution in [0.2, 0.25) is 0 Å². The van der Waals surface area contributed by atoms with Gasteiger partial charge in [-0.05, 0) is 64.3 Å². The van der Waals surface area contributed by atoms with Crippen LogP contribution in [0.3, 0.4) is 0 Å². The van der Waals surface area contributed by atoms with Crippen LogP contribution in [0.1, 0.15) is 46.6 Å². The summed E-state index contributed by atoms with van der Waals surface area (Å²) in [5.41, 5.74) is 2.35. The van der Waals surface area contributed by atoms with Crippen molar-refractivity contribution in [2.45, 2.75) is 58.7 Å². The average molecular weight is 534 g/mol. The van der Waals surface area contributed by atoms with Crippen LogP contribution in [0.5, 0.6) is 0 Å². The van der Waals surface area contributed by atoms with E-state index in [4.69, 9.17) is 9.47 Å². The summed E-state index contributed by atoms with van der Waals surface area (Å²) in [6, 6.07) is 9.13. The van der Waals surface area contributed by atoms with Crippen LogP contribution in [0.25, 0.3) is 32.9 Å². The molecule has 0 unspecified atom stereocenters. The minimum Gasteiger partial charge on any atom is -0.465 e. The molecule has 9 nitrogen and oxygen atoms in total. The average Bonchev–Trinajstić information content (AvgIpc) is 3.40. The molecule has 0 atom stereocenters. The van der Waals surface area contributed by atoms with E-state index in [-0.39, 0.29) is 35.9 Å². The van der Waals surface area contributed by atoms with E-state index in [2.05, 4.69) is 10.2 Å². The molecule has 1 aliphatic carbocycles. The summed E-state index contributed by atoms with van der Waals surface area (Å²) in [6.45, 7) is 9.04. The number of esters is 1. The molecule has 39 heavy (non-hydrogen) atoms. The molecule has 2 aliphatic rings. The summed E-state index contributed by atoms with van der Waals surface area (Å²) >= 11 is 0. The Kier molecular flexibility index (Phi) is 5.89. The van der Waals surface area contributed by atoms with Gasteiger partial charge >= 0.3 is 12.1 Å². The molecule has 6 rings (SSSR count). The van der Waals surface area contributed by atoms with Gasteiger partial charge in [0.2, 0.25) is 0 Å². The number of carbonyl (C=O) groups is 2. The summed E-state index contributed by atoms with van der Waals surface area (Å²) in [6.07, 6.45) is 4.92. The zero-order chi connectivity index (χ0) is 27.5. The molecule has 0 bridgehead atoms. The molecule has 1 amide bonds. The number of aromatic nitrogens is 4. The van der Waals surface area contributed by atoms with Gasteiger partial charge in [0.25, 0.3) is 0 Å². The van der Waals surface area contributed by atoms with Gasteiger partial charge in [-0.3, -0.25) is 14.2 Å². The molecule has 3 heterocycles. The molecule has 1 spiro atoms. The second kappa shape index (κ2) is 9.07.